The summed E-state index contributed by atoms with van der Waals surface area (Å²) in [4.78, 5) is 15.1. The van der Waals surface area contributed by atoms with E-state index in [2.05, 4.69) is 26.0 Å². The Balaban J connectivity index is 2.11. The number of nitrogens with zero attached hydrogens (tertiary/aromatic N) is 4. The van der Waals surface area contributed by atoms with Crippen molar-refractivity contribution in [2.45, 2.75) is 13.8 Å². The Morgan fingerprint density at radius 1 is 1.24 bits per heavy atom. The number of nitrogen functional groups attached to an aromatic ring is 1. The average molecular weight is 280 g/mol. The molecule has 1 aromatic carbocycles. The summed E-state index contributed by atoms with van der Waals surface area (Å²) in [6.45, 7) is 3.75. The number of hydrogen-bond donors (Lipinski definition) is 2. The van der Waals surface area contributed by atoms with Gasteiger partial charge in [-0.25, -0.2) is 4.98 Å². The van der Waals surface area contributed by atoms with Crippen LogP contribution in [0.5, 0.6) is 11.6 Å². The van der Waals surface area contributed by atoms with Gasteiger partial charge >= 0.3 is 0 Å². The number of aromatic amines is 1. The van der Waals surface area contributed by atoms with Crippen molar-refractivity contribution in [1.29, 1.82) is 5.26 Å². The number of H-pyrrole nitrogens is 1. The Kier molecular flexibility index (Phi) is 2.92. The molecular formula is C14H12N6O. The number of benzene rings is 1. The van der Waals surface area contributed by atoms with Gasteiger partial charge in [0.25, 0.3) is 5.88 Å². The fourth-order valence-corrected chi connectivity index (χ4v) is 2.17. The van der Waals surface area contributed by atoms with Gasteiger partial charge in [-0.3, -0.25) is 0 Å². The van der Waals surface area contributed by atoms with Crippen molar-refractivity contribution in [3.63, 3.8) is 0 Å². The van der Waals surface area contributed by atoms with Crippen LogP contribution >= 0.6 is 0 Å². The second kappa shape index (κ2) is 4.76. The molecule has 104 valence electrons. The quantitative estimate of drug-likeness (QED) is 0.744. The highest BCUT2D eigenvalue weighted by molar-refractivity contribution is 5.77. The van der Waals surface area contributed by atoms with Gasteiger partial charge in [-0.2, -0.15) is 15.2 Å². The first kappa shape index (κ1) is 12.9. The molecule has 0 spiro atoms. The molecule has 21 heavy (non-hydrogen) atoms. The van der Waals surface area contributed by atoms with Crippen molar-refractivity contribution < 1.29 is 4.74 Å². The molecule has 3 N–H and O–H groups in total. The van der Waals surface area contributed by atoms with E-state index in [9.17, 15) is 0 Å². The van der Waals surface area contributed by atoms with Gasteiger partial charge in [0.05, 0.1) is 18.0 Å². The second-order valence-corrected chi connectivity index (χ2v) is 4.64. The van der Waals surface area contributed by atoms with Gasteiger partial charge in [0.1, 0.15) is 11.3 Å². The molecule has 0 unspecified atom stereocenters. The highest BCUT2D eigenvalue weighted by atomic mass is 16.5. The van der Waals surface area contributed by atoms with Crippen LogP contribution in [-0.2, 0) is 0 Å². The van der Waals surface area contributed by atoms with E-state index in [0.29, 0.717) is 28.4 Å². The summed E-state index contributed by atoms with van der Waals surface area (Å²) >= 11 is 0. The van der Waals surface area contributed by atoms with Gasteiger partial charge in [0.2, 0.25) is 5.95 Å². The number of imidazole rings is 1. The molecule has 0 amide bonds. The minimum absolute atomic E-state index is 0.0913. The number of fused-ring (bicyclic) bond motifs is 1. The van der Waals surface area contributed by atoms with Crippen molar-refractivity contribution in [2.24, 2.45) is 0 Å². The first-order chi connectivity index (χ1) is 10.1. The molecule has 0 aliphatic heterocycles. The van der Waals surface area contributed by atoms with Crippen LogP contribution < -0.4 is 10.5 Å². The van der Waals surface area contributed by atoms with Gasteiger partial charge in [-0.15, -0.1) is 0 Å². The van der Waals surface area contributed by atoms with Gasteiger partial charge in [-0.05, 0) is 37.1 Å². The number of nitriles is 1. The summed E-state index contributed by atoms with van der Waals surface area (Å²) in [6.07, 6.45) is 1.50. The standard InChI is InChI=1S/C14H12N6O/c1-7-3-9(5-15)4-8(2)11(7)21-13-10-12(18-6-17-10)19-14(16)20-13/h3-4,6H,1-2H3,(H3,16,17,18,19,20). The number of nitrogens with two attached hydrogens (primary N) is 1. The normalized spacial score (nSPS) is 10.5. The van der Waals surface area contributed by atoms with E-state index in [4.69, 9.17) is 15.7 Å². The Morgan fingerprint density at radius 3 is 2.62 bits per heavy atom. The molecule has 0 atom stereocenters. The maximum Gasteiger partial charge on any atom is 0.250 e. The van der Waals surface area contributed by atoms with Crippen LogP contribution in [0.25, 0.3) is 11.2 Å². The third-order valence-corrected chi connectivity index (χ3v) is 3.06. The molecule has 0 bridgehead atoms. The van der Waals surface area contributed by atoms with Gasteiger partial charge < -0.3 is 15.5 Å². The third kappa shape index (κ3) is 2.23. The summed E-state index contributed by atoms with van der Waals surface area (Å²) in [5, 5.41) is 8.98. The zero-order chi connectivity index (χ0) is 15.0. The lowest BCUT2D eigenvalue weighted by molar-refractivity contribution is 0.461. The molecule has 3 rings (SSSR count). The van der Waals surface area contributed by atoms with E-state index in [1.54, 1.807) is 12.1 Å². The first-order valence-corrected chi connectivity index (χ1v) is 6.24. The van der Waals surface area contributed by atoms with Gasteiger partial charge in [0, 0.05) is 0 Å². The van der Waals surface area contributed by atoms with Crippen molar-refractivity contribution in [2.75, 3.05) is 5.73 Å². The fraction of sp³-hybridized carbons (Fsp3) is 0.143. The lowest BCUT2D eigenvalue weighted by atomic mass is 10.1. The Morgan fingerprint density at radius 2 is 1.95 bits per heavy atom. The molecule has 7 nitrogen and oxygen atoms in total. The number of aromatic nitrogens is 4. The van der Waals surface area contributed by atoms with E-state index in [1.165, 1.54) is 6.33 Å². The summed E-state index contributed by atoms with van der Waals surface area (Å²) in [5.74, 6) is 1.04. The molecule has 0 radical (unpaired) electrons. The maximum absolute atomic E-state index is 8.98. The SMILES string of the molecule is Cc1cc(C#N)cc(C)c1Oc1nc(N)nc2nc[nH]c12. The molecular weight excluding hydrogens is 268 g/mol. The van der Waals surface area contributed by atoms with Crippen molar-refractivity contribution in [3.8, 4) is 17.7 Å². The van der Waals surface area contributed by atoms with Crippen molar-refractivity contribution in [1.82, 2.24) is 19.9 Å². The Hall–Kier alpha value is -3.14. The van der Waals surface area contributed by atoms with Crippen LogP contribution in [-0.4, -0.2) is 19.9 Å². The van der Waals surface area contributed by atoms with Crippen LogP contribution in [0.3, 0.4) is 0 Å². The smallest absolute Gasteiger partial charge is 0.250 e. The van der Waals surface area contributed by atoms with Crippen LogP contribution in [0.4, 0.5) is 5.95 Å². The molecule has 0 aliphatic rings. The largest absolute Gasteiger partial charge is 0.436 e. The molecule has 7 heteroatoms. The number of nitrogens with one attached hydrogen (secondary N) is 1. The minimum Gasteiger partial charge on any atom is -0.436 e. The van der Waals surface area contributed by atoms with Gasteiger partial charge in [-0.1, -0.05) is 0 Å². The highest BCUT2D eigenvalue weighted by Crippen LogP contribution is 2.31. The zero-order valence-electron chi connectivity index (χ0n) is 11.5. The maximum atomic E-state index is 8.98. The monoisotopic (exact) mass is 280 g/mol. The van der Waals surface area contributed by atoms with E-state index < -0.39 is 0 Å². The molecule has 0 aliphatic carbocycles. The van der Waals surface area contributed by atoms with E-state index in [-0.39, 0.29) is 5.95 Å². The molecule has 3 aromatic rings. The van der Waals surface area contributed by atoms with Crippen LogP contribution in [0, 0.1) is 25.2 Å². The number of anilines is 1. The predicted octanol–water partition coefficient (Wildman–Crippen LogP) is 2.22. The predicted molar refractivity (Wildman–Crippen MR) is 76.8 cm³/mol. The molecule has 2 heterocycles. The van der Waals surface area contributed by atoms with E-state index in [0.717, 1.165) is 11.1 Å². The summed E-state index contributed by atoms with van der Waals surface area (Å²) < 4.78 is 5.88. The third-order valence-electron chi connectivity index (χ3n) is 3.06. The van der Waals surface area contributed by atoms with E-state index in [1.807, 2.05) is 13.8 Å². The molecule has 0 saturated heterocycles. The Bertz CT molecular complexity index is 854. The molecule has 0 fully saturated rings. The summed E-state index contributed by atoms with van der Waals surface area (Å²) in [6, 6.07) is 5.64. The van der Waals surface area contributed by atoms with Crippen molar-refractivity contribution in [3.05, 3.63) is 35.2 Å². The minimum atomic E-state index is 0.0913. The second-order valence-electron chi connectivity index (χ2n) is 4.64. The van der Waals surface area contributed by atoms with Crippen LogP contribution in [0.15, 0.2) is 18.5 Å². The van der Waals surface area contributed by atoms with Crippen LogP contribution in [0.2, 0.25) is 0 Å². The van der Waals surface area contributed by atoms with Gasteiger partial charge in [0.15, 0.2) is 5.65 Å². The Labute approximate surface area is 120 Å². The van der Waals surface area contributed by atoms with Crippen LogP contribution in [0.1, 0.15) is 16.7 Å². The van der Waals surface area contributed by atoms with E-state index >= 15 is 0 Å². The van der Waals surface area contributed by atoms with Crippen molar-refractivity contribution >= 4 is 17.1 Å². The highest BCUT2D eigenvalue weighted by Gasteiger charge is 2.14. The lowest BCUT2D eigenvalue weighted by Gasteiger charge is -2.12. The molecule has 2 aromatic heterocycles. The average Bonchev–Trinajstić information content (AvgIpc) is 2.90. The first-order valence-electron chi connectivity index (χ1n) is 6.24. The number of hydrogen-bond acceptors (Lipinski definition) is 6. The topological polar surface area (TPSA) is 114 Å². The zero-order valence-corrected chi connectivity index (χ0v) is 11.5. The fourth-order valence-electron chi connectivity index (χ4n) is 2.17. The number of ether oxygens (including phenoxy) is 1. The molecule has 0 saturated carbocycles. The summed E-state index contributed by atoms with van der Waals surface area (Å²) in [7, 11) is 0. The number of aryl methyl sites for hydroxylation is 2. The number of rotatable bonds is 2. The lowest BCUT2D eigenvalue weighted by Crippen LogP contribution is -2.00. The summed E-state index contributed by atoms with van der Waals surface area (Å²) in [5.41, 5.74) is 8.96.